The van der Waals surface area contributed by atoms with Gasteiger partial charge in [0.15, 0.2) is 5.13 Å². The van der Waals surface area contributed by atoms with Gasteiger partial charge < -0.3 is 14.9 Å². The van der Waals surface area contributed by atoms with Gasteiger partial charge in [0.05, 0.1) is 10.4 Å². The van der Waals surface area contributed by atoms with E-state index >= 15 is 0 Å². The number of anilines is 1. The van der Waals surface area contributed by atoms with Gasteiger partial charge in [-0.1, -0.05) is 29.2 Å². The molecule has 0 spiro atoms. The smallest absolute Gasteiger partial charge is 0.407 e. The third-order valence-electron chi connectivity index (χ3n) is 3.14. The average molecular weight is 322 g/mol. The van der Waals surface area contributed by atoms with Crippen molar-refractivity contribution >= 4 is 34.3 Å². The second kappa shape index (κ2) is 6.31. The topological polar surface area (TPSA) is 69.6 Å². The maximum absolute atomic E-state index is 10.9. The van der Waals surface area contributed by atoms with Crippen LogP contribution in [0.3, 0.4) is 0 Å². The van der Waals surface area contributed by atoms with Crippen LogP contribution in [0.1, 0.15) is 0 Å². The first-order chi connectivity index (χ1) is 10.2. The van der Waals surface area contributed by atoms with Crippen LogP contribution in [0, 0.1) is 0 Å². The number of rotatable bonds is 3. The highest BCUT2D eigenvalue weighted by Gasteiger charge is 2.22. The molecule has 6 nitrogen and oxygen atoms in total. The first-order valence-electron chi connectivity index (χ1n) is 6.50. The molecule has 1 aliphatic rings. The number of aromatic nitrogens is 2. The van der Waals surface area contributed by atoms with Crippen LogP contribution in [-0.4, -0.2) is 52.2 Å². The number of carbonyl (C=O) groups is 1. The van der Waals surface area contributed by atoms with Gasteiger partial charge in [0.2, 0.25) is 0 Å². The highest BCUT2D eigenvalue weighted by molar-refractivity contribution is 8.01. The van der Waals surface area contributed by atoms with Gasteiger partial charge in [-0.25, -0.2) is 14.8 Å². The van der Waals surface area contributed by atoms with Crippen molar-refractivity contribution in [2.45, 2.75) is 9.24 Å². The van der Waals surface area contributed by atoms with E-state index in [1.165, 1.54) is 4.90 Å². The number of hydrogen-bond donors (Lipinski definition) is 1. The van der Waals surface area contributed by atoms with E-state index in [0.29, 0.717) is 26.2 Å². The Morgan fingerprint density at radius 2 is 2.05 bits per heavy atom. The highest BCUT2D eigenvalue weighted by Crippen LogP contribution is 2.34. The summed E-state index contributed by atoms with van der Waals surface area (Å²) in [6.45, 7) is 2.43. The van der Waals surface area contributed by atoms with Gasteiger partial charge in [-0.2, -0.15) is 0 Å². The van der Waals surface area contributed by atoms with Gasteiger partial charge in [0, 0.05) is 32.4 Å². The van der Waals surface area contributed by atoms with Gasteiger partial charge in [-0.15, -0.1) is 0 Å². The Balaban J connectivity index is 1.62. The Bertz CT molecular complexity index is 612. The molecule has 0 aliphatic carbocycles. The van der Waals surface area contributed by atoms with Crippen LogP contribution < -0.4 is 4.90 Å². The SMILES string of the molecule is O=C(O)N1CCN(c2ncc(Sc3ccccn3)s2)CC1. The number of thiazole rings is 1. The summed E-state index contributed by atoms with van der Waals surface area (Å²) in [5.74, 6) is 0. The molecule has 3 heterocycles. The third kappa shape index (κ3) is 3.45. The van der Waals surface area contributed by atoms with E-state index in [-0.39, 0.29) is 0 Å². The van der Waals surface area contributed by atoms with E-state index in [4.69, 9.17) is 5.11 Å². The minimum absolute atomic E-state index is 0.525. The molecular weight excluding hydrogens is 308 g/mol. The van der Waals surface area contributed by atoms with Crippen LogP contribution in [0.5, 0.6) is 0 Å². The Morgan fingerprint density at radius 1 is 1.24 bits per heavy atom. The fourth-order valence-corrected chi connectivity index (χ4v) is 3.96. The molecule has 2 aromatic heterocycles. The lowest BCUT2D eigenvalue weighted by Crippen LogP contribution is -2.48. The fourth-order valence-electron chi connectivity index (χ4n) is 2.04. The van der Waals surface area contributed by atoms with Crippen molar-refractivity contribution in [3.63, 3.8) is 0 Å². The number of carboxylic acid groups (broad SMARTS) is 1. The summed E-state index contributed by atoms with van der Waals surface area (Å²) in [4.78, 5) is 23.2. The summed E-state index contributed by atoms with van der Waals surface area (Å²) in [6, 6.07) is 5.82. The third-order valence-corrected chi connectivity index (χ3v) is 5.25. The monoisotopic (exact) mass is 322 g/mol. The van der Waals surface area contributed by atoms with Crippen molar-refractivity contribution in [3.05, 3.63) is 30.6 Å². The number of pyridine rings is 1. The van der Waals surface area contributed by atoms with Crippen molar-refractivity contribution in [3.8, 4) is 0 Å². The quantitative estimate of drug-likeness (QED) is 0.936. The zero-order valence-electron chi connectivity index (χ0n) is 11.2. The van der Waals surface area contributed by atoms with Crippen LogP contribution in [0.2, 0.25) is 0 Å². The zero-order chi connectivity index (χ0) is 14.7. The molecule has 2 aromatic rings. The predicted octanol–water partition coefficient (Wildman–Crippen LogP) is 2.49. The summed E-state index contributed by atoms with van der Waals surface area (Å²) in [5, 5.41) is 10.8. The van der Waals surface area contributed by atoms with E-state index in [9.17, 15) is 4.79 Å². The van der Waals surface area contributed by atoms with Crippen LogP contribution in [-0.2, 0) is 0 Å². The molecule has 0 bridgehead atoms. The second-order valence-electron chi connectivity index (χ2n) is 4.49. The molecule has 0 saturated carbocycles. The minimum atomic E-state index is -0.847. The molecule has 1 aliphatic heterocycles. The molecule has 0 atom stereocenters. The number of piperazine rings is 1. The molecule has 1 saturated heterocycles. The molecule has 1 amide bonds. The minimum Gasteiger partial charge on any atom is -0.465 e. The van der Waals surface area contributed by atoms with E-state index in [0.717, 1.165) is 14.4 Å². The van der Waals surface area contributed by atoms with E-state index in [1.807, 2.05) is 24.4 Å². The maximum atomic E-state index is 10.9. The first-order valence-corrected chi connectivity index (χ1v) is 8.13. The van der Waals surface area contributed by atoms with E-state index < -0.39 is 6.09 Å². The van der Waals surface area contributed by atoms with Gasteiger partial charge in [-0.3, -0.25) is 0 Å². The van der Waals surface area contributed by atoms with Crippen molar-refractivity contribution in [1.29, 1.82) is 0 Å². The Hall–Kier alpha value is -1.80. The summed E-state index contributed by atoms with van der Waals surface area (Å²) in [7, 11) is 0. The van der Waals surface area contributed by atoms with Gasteiger partial charge in [-0.05, 0) is 12.1 Å². The van der Waals surface area contributed by atoms with Crippen LogP contribution in [0.4, 0.5) is 9.93 Å². The molecular formula is C13H14N4O2S2. The molecule has 8 heteroatoms. The summed E-state index contributed by atoms with van der Waals surface area (Å²) in [5.41, 5.74) is 0. The normalized spacial score (nSPS) is 15.2. The summed E-state index contributed by atoms with van der Waals surface area (Å²) in [6.07, 6.45) is 2.78. The molecule has 21 heavy (non-hydrogen) atoms. The van der Waals surface area contributed by atoms with E-state index in [1.54, 1.807) is 29.3 Å². The molecule has 3 rings (SSSR count). The summed E-state index contributed by atoms with van der Waals surface area (Å²) >= 11 is 3.21. The Morgan fingerprint density at radius 3 is 2.71 bits per heavy atom. The molecule has 0 radical (unpaired) electrons. The molecule has 1 N–H and O–H groups in total. The molecule has 0 aromatic carbocycles. The highest BCUT2D eigenvalue weighted by atomic mass is 32.2. The van der Waals surface area contributed by atoms with Crippen molar-refractivity contribution < 1.29 is 9.90 Å². The predicted molar refractivity (Wildman–Crippen MR) is 82.3 cm³/mol. The zero-order valence-corrected chi connectivity index (χ0v) is 12.8. The fraction of sp³-hybridized carbons (Fsp3) is 0.308. The lowest BCUT2D eigenvalue weighted by atomic mass is 10.3. The average Bonchev–Trinajstić information content (AvgIpc) is 2.97. The van der Waals surface area contributed by atoms with Crippen molar-refractivity contribution in [2.75, 3.05) is 31.1 Å². The lowest BCUT2D eigenvalue weighted by Gasteiger charge is -2.32. The second-order valence-corrected chi connectivity index (χ2v) is 6.82. The van der Waals surface area contributed by atoms with Crippen LogP contribution >= 0.6 is 23.1 Å². The largest absolute Gasteiger partial charge is 0.465 e. The Kier molecular flexibility index (Phi) is 4.26. The Labute approximate surface area is 130 Å². The molecule has 0 unspecified atom stereocenters. The van der Waals surface area contributed by atoms with Crippen LogP contribution in [0.15, 0.2) is 39.8 Å². The van der Waals surface area contributed by atoms with Gasteiger partial charge >= 0.3 is 6.09 Å². The van der Waals surface area contributed by atoms with E-state index in [2.05, 4.69) is 14.9 Å². The van der Waals surface area contributed by atoms with Crippen molar-refractivity contribution in [2.24, 2.45) is 0 Å². The van der Waals surface area contributed by atoms with Crippen molar-refractivity contribution in [1.82, 2.24) is 14.9 Å². The lowest BCUT2D eigenvalue weighted by molar-refractivity contribution is 0.142. The number of amides is 1. The standard InChI is InChI=1S/C13H14N4O2S2/c18-13(19)17-7-5-16(6-8-17)12-15-9-11(21-12)20-10-3-1-2-4-14-10/h1-4,9H,5-8H2,(H,18,19). The number of hydrogen-bond acceptors (Lipinski definition) is 6. The van der Waals surface area contributed by atoms with Gasteiger partial charge in [0.1, 0.15) is 5.03 Å². The van der Waals surface area contributed by atoms with Gasteiger partial charge in [0.25, 0.3) is 0 Å². The number of nitrogens with zero attached hydrogens (tertiary/aromatic N) is 4. The molecule has 1 fully saturated rings. The molecule has 110 valence electrons. The van der Waals surface area contributed by atoms with Crippen LogP contribution in [0.25, 0.3) is 0 Å². The first kappa shape index (κ1) is 14.2. The maximum Gasteiger partial charge on any atom is 0.407 e. The summed E-state index contributed by atoms with van der Waals surface area (Å²) < 4.78 is 1.09.